The molecule has 0 saturated carbocycles. The van der Waals surface area contributed by atoms with Crippen molar-refractivity contribution in [2.24, 2.45) is 11.1 Å². The molecule has 3 aliphatic rings. The summed E-state index contributed by atoms with van der Waals surface area (Å²) in [5.41, 5.74) is 1.25. The number of ether oxygens (including phenoxy) is 3. The van der Waals surface area contributed by atoms with Gasteiger partial charge in [-0.15, -0.1) is 0 Å². The molecule has 0 aromatic heterocycles. The van der Waals surface area contributed by atoms with Crippen LogP contribution in [-0.4, -0.2) is 61.4 Å². The Bertz CT molecular complexity index is 803. The molecule has 10 nitrogen and oxygen atoms in total. The zero-order chi connectivity index (χ0) is 20.4. The molecule has 2 fully saturated rings. The number of rotatable bonds is 4. The maximum Gasteiger partial charge on any atom is 0.356 e. The number of benzene rings is 1. The highest BCUT2D eigenvalue weighted by Crippen LogP contribution is 2.36. The molecular weight excluding hydrogens is 382 g/mol. The topological polar surface area (TPSA) is 113 Å². The summed E-state index contributed by atoms with van der Waals surface area (Å²) in [7, 11) is 0. The van der Waals surface area contributed by atoms with E-state index in [4.69, 9.17) is 19.0 Å². The van der Waals surface area contributed by atoms with Gasteiger partial charge in [-0.1, -0.05) is 5.16 Å². The summed E-state index contributed by atoms with van der Waals surface area (Å²) in [6.07, 6.45) is 0.909. The van der Waals surface area contributed by atoms with Crippen LogP contribution in [0.5, 0.6) is 0 Å². The molecule has 4 rings (SSSR count). The highest BCUT2D eigenvalue weighted by molar-refractivity contribution is 6.37. The van der Waals surface area contributed by atoms with E-state index in [1.54, 1.807) is 19.1 Å². The fourth-order valence-electron chi connectivity index (χ4n) is 3.87. The molecule has 29 heavy (non-hydrogen) atoms. The number of non-ortho nitro benzene ring substituents is 1. The van der Waals surface area contributed by atoms with Crippen molar-refractivity contribution in [3.05, 3.63) is 34.4 Å². The molecule has 0 amide bonds. The van der Waals surface area contributed by atoms with Crippen LogP contribution in [0.1, 0.15) is 19.8 Å². The quantitative estimate of drug-likeness (QED) is 0.424. The van der Waals surface area contributed by atoms with Crippen molar-refractivity contribution >= 4 is 23.1 Å². The number of piperidine rings is 1. The average Bonchev–Trinajstić information content (AvgIpc) is 3.07. The highest BCUT2D eigenvalue weighted by Gasteiger charge is 2.47. The fraction of sp³-hybridized carbons (Fsp3) is 0.579. The van der Waals surface area contributed by atoms with Crippen LogP contribution in [0.25, 0.3) is 0 Å². The Hall–Kier alpha value is -2.72. The molecule has 156 valence electrons. The van der Waals surface area contributed by atoms with E-state index in [-0.39, 0.29) is 43.2 Å². The summed E-state index contributed by atoms with van der Waals surface area (Å²) < 4.78 is 17.3. The number of nitrogens with zero attached hydrogens (tertiary/aromatic N) is 3. The predicted octanol–water partition coefficient (Wildman–Crippen LogP) is 1.87. The number of carbonyl (C=O) groups excluding carboxylic acids is 1. The van der Waals surface area contributed by atoms with Gasteiger partial charge in [0.1, 0.15) is 0 Å². The lowest BCUT2D eigenvalue weighted by Crippen LogP contribution is -2.48. The molecule has 1 aromatic carbocycles. The Morgan fingerprint density at radius 1 is 1.28 bits per heavy atom. The second-order valence-corrected chi connectivity index (χ2v) is 7.24. The number of fused-ring (bicyclic) bond motifs is 1. The molecule has 1 aromatic rings. The highest BCUT2D eigenvalue weighted by atomic mass is 16.7. The number of nitro groups is 1. The van der Waals surface area contributed by atoms with Crippen LogP contribution in [0.4, 0.5) is 11.4 Å². The molecule has 10 heteroatoms. The van der Waals surface area contributed by atoms with Gasteiger partial charge < -0.3 is 23.9 Å². The van der Waals surface area contributed by atoms with Crippen molar-refractivity contribution in [2.75, 3.05) is 37.8 Å². The van der Waals surface area contributed by atoms with E-state index in [1.165, 1.54) is 12.1 Å². The molecule has 2 saturated heterocycles. The molecule has 0 aliphatic carbocycles. The van der Waals surface area contributed by atoms with Crippen LogP contribution < -0.4 is 4.90 Å². The molecule has 1 spiro atoms. The van der Waals surface area contributed by atoms with E-state index < -0.39 is 16.7 Å². The summed E-state index contributed by atoms with van der Waals surface area (Å²) in [4.78, 5) is 30.0. The Morgan fingerprint density at radius 3 is 2.62 bits per heavy atom. The Balaban J connectivity index is 1.37. The van der Waals surface area contributed by atoms with Crippen LogP contribution in [0, 0.1) is 16.0 Å². The van der Waals surface area contributed by atoms with Gasteiger partial charge in [0.05, 0.1) is 30.7 Å². The number of hydrogen-bond donors (Lipinski definition) is 0. The van der Waals surface area contributed by atoms with Gasteiger partial charge in [0.25, 0.3) is 5.69 Å². The number of oxime groups is 1. The largest absolute Gasteiger partial charge is 0.461 e. The number of anilines is 1. The zero-order valence-electron chi connectivity index (χ0n) is 16.1. The standard InChI is InChI=1S/C19H23N3O7/c1-2-26-18(23)17-15-11-27-19(28-12-16(15)29-20-17)7-9-21(10-8-19)13-3-5-14(6-4-13)22(24)25/h3-6,15-16H,2,7-12H2,1H3/t15-,16-/m0/s1. The van der Waals surface area contributed by atoms with Crippen molar-refractivity contribution in [1.29, 1.82) is 0 Å². The van der Waals surface area contributed by atoms with Gasteiger partial charge in [-0.2, -0.15) is 0 Å². The third-order valence-corrected chi connectivity index (χ3v) is 5.56. The van der Waals surface area contributed by atoms with Crippen molar-refractivity contribution in [3.8, 4) is 0 Å². The van der Waals surface area contributed by atoms with Gasteiger partial charge >= 0.3 is 5.97 Å². The summed E-state index contributed by atoms with van der Waals surface area (Å²) in [6.45, 7) is 3.95. The molecule has 0 bridgehead atoms. The van der Waals surface area contributed by atoms with Crippen molar-refractivity contribution in [1.82, 2.24) is 0 Å². The monoisotopic (exact) mass is 405 g/mol. The van der Waals surface area contributed by atoms with Crippen LogP contribution in [0.2, 0.25) is 0 Å². The predicted molar refractivity (Wildman–Crippen MR) is 102 cm³/mol. The lowest BCUT2D eigenvalue weighted by atomic mass is 9.99. The Kier molecular flexibility index (Phi) is 5.37. The second kappa shape index (κ2) is 7.96. The van der Waals surface area contributed by atoms with Crippen molar-refractivity contribution in [3.63, 3.8) is 0 Å². The SMILES string of the molecule is CCOC(=O)C1=NO[C@H]2COC3(CCN(c4ccc([N+](=O)[O-])cc4)CC3)OC[C@H]12. The zero-order valence-corrected chi connectivity index (χ0v) is 16.1. The van der Waals surface area contributed by atoms with E-state index in [1.807, 2.05) is 0 Å². The van der Waals surface area contributed by atoms with Crippen LogP contribution in [0.3, 0.4) is 0 Å². The van der Waals surface area contributed by atoms with Crippen LogP contribution in [-0.2, 0) is 23.8 Å². The third kappa shape index (κ3) is 3.90. The first-order valence-electron chi connectivity index (χ1n) is 9.69. The first kappa shape index (κ1) is 19.6. The molecule has 2 atom stereocenters. The second-order valence-electron chi connectivity index (χ2n) is 7.24. The fourth-order valence-corrected chi connectivity index (χ4v) is 3.87. The van der Waals surface area contributed by atoms with E-state index in [0.717, 1.165) is 5.69 Å². The molecule has 3 aliphatic heterocycles. The van der Waals surface area contributed by atoms with Crippen LogP contribution in [0.15, 0.2) is 29.4 Å². The number of esters is 1. The number of hydrogen-bond acceptors (Lipinski definition) is 9. The number of carbonyl (C=O) groups is 1. The van der Waals surface area contributed by atoms with E-state index >= 15 is 0 Å². The molecule has 3 heterocycles. The van der Waals surface area contributed by atoms with Crippen LogP contribution >= 0.6 is 0 Å². The summed E-state index contributed by atoms with van der Waals surface area (Å²) in [6, 6.07) is 6.52. The van der Waals surface area contributed by atoms with Gasteiger partial charge in [0.15, 0.2) is 17.6 Å². The minimum atomic E-state index is -0.731. The minimum absolute atomic E-state index is 0.0725. The first-order valence-corrected chi connectivity index (χ1v) is 9.69. The lowest BCUT2D eigenvalue weighted by Gasteiger charge is -2.41. The van der Waals surface area contributed by atoms with Crippen molar-refractivity contribution < 1.29 is 28.8 Å². The summed E-state index contributed by atoms with van der Waals surface area (Å²) >= 11 is 0. The third-order valence-electron chi connectivity index (χ3n) is 5.56. The molecule has 0 unspecified atom stereocenters. The lowest BCUT2D eigenvalue weighted by molar-refractivity contribution is -0.384. The van der Waals surface area contributed by atoms with E-state index in [0.29, 0.717) is 25.9 Å². The smallest absolute Gasteiger partial charge is 0.356 e. The van der Waals surface area contributed by atoms with Gasteiger partial charge in [0, 0.05) is 43.8 Å². The maximum atomic E-state index is 12.1. The molecule has 0 radical (unpaired) electrons. The minimum Gasteiger partial charge on any atom is -0.461 e. The van der Waals surface area contributed by atoms with Gasteiger partial charge in [0.2, 0.25) is 0 Å². The Morgan fingerprint density at radius 2 is 1.97 bits per heavy atom. The normalized spacial score (nSPS) is 25.6. The van der Waals surface area contributed by atoms with E-state index in [2.05, 4.69) is 10.1 Å². The van der Waals surface area contributed by atoms with Crippen molar-refractivity contribution in [2.45, 2.75) is 31.7 Å². The Labute approximate surface area is 167 Å². The van der Waals surface area contributed by atoms with Gasteiger partial charge in [-0.05, 0) is 19.1 Å². The van der Waals surface area contributed by atoms with E-state index in [9.17, 15) is 14.9 Å². The van der Waals surface area contributed by atoms with Gasteiger partial charge in [-0.3, -0.25) is 10.1 Å². The average molecular weight is 405 g/mol. The number of nitro benzene ring substituents is 1. The molecular formula is C19H23N3O7. The summed E-state index contributed by atoms with van der Waals surface area (Å²) in [5, 5.41) is 14.7. The summed E-state index contributed by atoms with van der Waals surface area (Å²) in [5.74, 6) is -1.52. The van der Waals surface area contributed by atoms with Gasteiger partial charge in [-0.25, -0.2) is 4.79 Å². The first-order chi connectivity index (χ1) is 14.0. The molecule has 0 N–H and O–H groups in total. The maximum absolute atomic E-state index is 12.1.